The molecule has 0 unspecified atom stereocenters. The minimum absolute atomic E-state index is 0.0206. The first-order valence-electron chi connectivity index (χ1n) is 9.23. The van der Waals surface area contributed by atoms with Crippen LogP contribution in [0.5, 0.6) is 11.5 Å². The number of methoxy groups -OCH3 is 1. The van der Waals surface area contributed by atoms with Crippen molar-refractivity contribution in [3.05, 3.63) is 99.1 Å². The standard InChI is InChI=1S/C24H20N2O4/c1-17-3-5-18(6-4-17)16-30-23-12-7-19(14-24(23)29-2)13-21(15-25)20-8-10-22(11-9-20)26(27)28/h3-14H,16H2,1-2H3. The van der Waals surface area contributed by atoms with Crippen LogP contribution in [0, 0.1) is 28.4 Å². The van der Waals surface area contributed by atoms with Gasteiger partial charge in [0.05, 0.1) is 23.7 Å². The maximum atomic E-state index is 10.8. The minimum atomic E-state index is -0.472. The van der Waals surface area contributed by atoms with Crippen LogP contribution in [0.4, 0.5) is 5.69 Å². The summed E-state index contributed by atoms with van der Waals surface area (Å²) in [6.07, 6.45) is 1.70. The van der Waals surface area contributed by atoms with Gasteiger partial charge in [0.15, 0.2) is 11.5 Å². The molecule has 0 saturated carbocycles. The molecule has 0 fully saturated rings. The van der Waals surface area contributed by atoms with E-state index in [1.54, 1.807) is 37.5 Å². The Kier molecular flexibility index (Phi) is 6.46. The van der Waals surface area contributed by atoms with Crippen LogP contribution in [0.1, 0.15) is 22.3 Å². The van der Waals surface area contributed by atoms with Crippen molar-refractivity contribution in [2.45, 2.75) is 13.5 Å². The molecule has 3 aromatic carbocycles. The first kappa shape index (κ1) is 20.6. The normalized spacial score (nSPS) is 10.9. The van der Waals surface area contributed by atoms with Gasteiger partial charge in [0.25, 0.3) is 5.69 Å². The maximum absolute atomic E-state index is 10.8. The third-order valence-electron chi connectivity index (χ3n) is 4.52. The molecule has 150 valence electrons. The minimum Gasteiger partial charge on any atom is -0.493 e. The fourth-order valence-corrected chi connectivity index (χ4v) is 2.85. The summed E-state index contributed by atoms with van der Waals surface area (Å²) in [6, 6.07) is 21.5. The average Bonchev–Trinajstić information content (AvgIpc) is 2.77. The largest absolute Gasteiger partial charge is 0.493 e. The van der Waals surface area contributed by atoms with E-state index in [4.69, 9.17) is 9.47 Å². The summed E-state index contributed by atoms with van der Waals surface area (Å²) >= 11 is 0. The number of non-ortho nitro benzene ring substituents is 1. The lowest BCUT2D eigenvalue weighted by Gasteiger charge is -2.12. The van der Waals surface area contributed by atoms with Crippen molar-refractivity contribution in [3.8, 4) is 17.6 Å². The summed E-state index contributed by atoms with van der Waals surface area (Å²) in [4.78, 5) is 10.3. The van der Waals surface area contributed by atoms with Crippen LogP contribution in [-0.2, 0) is 6.61 Å². The van der Waals surface area contributed by atoms with Gasteiger partial charge in [0, 0.05) is 12.1 Å². The molecule has 0 aliphatic rings. The summed E-state index contributed by atoms with van der Waals surface area (Å²) in [5.74, 6) is 1.15. The molecule has 3 rings (SSSR count). The highest BCUT2D eigenvalue weighted by atomic mass is 16.6. The lowest BCUT2D eigenvalue weighted by atomic mass is 10.0. The van der Waals surface area contributed by atoms with Crippen LogP contribution in [-0.4, -0.2) is 12.0 Å². The summed E-state index contributed by atoms with van der Waals surface area (Å²) in [5, 5.41) is 20.3. The van der Waals surface area contributed by atoms with Crippen LogP contribution in [0.2, 0.25) is 0 Å². The highest BCUT2D eigenvalue weighted by Gasteiger charge is 2.09. The van der Waals surface area contributed by atoms with Crippen molar-refractivity contribution in [1.82, 2.24) is 0 Å². The summed E-state index contributed by atoms with van der Waals surface area (Å²) in [7, 11) is 1.56. The molecule has 0 atom stereocenters. The smallest absolute Gasteiger partial charge is 0.269 e. The van der Waals surface area contributed by atoms with E-state index in [-0.39, 0.29) is 5.69 Å². The molecule has 0 radical (unpaired) electrons. The predicted molar refractivity (Wildman–Crippen MR) is 115 cm³/mol. The predicted octanol–water partition coefficient (Wildman–Crippen LogP) is 5.56. The van der Waals surface area contributed by atoms with Gasteiger partial charge in [-0.05, 0) is 54.0 Å². The number of rotatable bonds is 7. The second-order valence-corrected chi connectivity index (χ2v) is 6.66. The van der Waals surface area contributed by atoms with Gasteiger partial charge in [0.2, 0.25) is 0 Å². The molecule has 0 aliphatic carbocycles. The third-order valence-corrected chi connectivity index (χ3v) is 4.52. The van der Waals surface area contributed by atoms with Crippen LogP contribution >= 0.6 is 0 Å². The monoisotopic (exact) mass is 400 g/mol. The molecule has 30 heavy (non-hydrogen) atoms. The molecular weight excluding hydrogens is 380 g/mol. The summed E-state index contributed by atoms with van der Waals surface area (Å²) in [6.45, 7) is 2.45. The lowest BCUT2D eigenvalue weighted by molar-refractivity contribution is -0.384. The topological polar surface area (TPSA) is 85.4 Å². The van der Waals surface area contributed by atoms with Crippen molar-refractivity contribution in [3.63, 3.8) is 0 Å². The molecule has 0 heterocycles. The van der Waals surface area contributed by atoms with E-state index in [1.807, 2.05) is 37.3 Å². The van der Waals surface area contributed by atoms with Gasteiger partial charge in [-0.25, -0.2) is 0 Å². The second kappa shape index (κ2) is 9.39. The first-order chi connectivity index (χ1) is 14.5. The number of ether oxygens (including phenoxy) is 2. The highest BCUT2D eigenvalue weighted by Crippen LogP contribution is 2.30. The highest BCUT2D eigenvalue weighted by molar-refractivity contribution is 5.90. The zero-order valence-corrected chi connectivity index (χ0v) is 16.7. The van der Waals surface area contributed by atoms with E-state index in [1.165, 1.54) is 17.7 Å². The van der Waals surface area contributed by atoms with Crippen molar-refractivity contribution >= 4 is 17.3 Å². The Labute approximate surface area is 174 Å². The molecule has 0 N–H and O–H groups in total. The van der Waals surface area contributed by atoms with Gasteiger partial charge in [-0.1, -0.05) is 35.9 Å². The Bertz CT molecular complexity index is 1110. The number of nitriles is 1. The zero-order chi connectivity index (χ0) is 21.5. The van der Waals surface area contributed by atoms with Crippen LogP contribution in [0.25, 0.3) is 11.6 Å². The molecule has 3 aromatic rings. The maximum Gasteiger partial charge on any atom is 0.269 e. The van der Waals surface area contributed by atoms with Gasteiger partial charge in [-0.15, -0.1) is 0 Å². The third kappa shape index (κ3) is 5.03. The first-order valence-corrected chi connectivity index (χ1v) is 9.23. The Morgan fingerprint density at radius 2 is 1.77 bits per heavy atom. The Morgan fingerprint density at radius 1 is 1.07 bits per heavy atom. The van der Waals surface area contributed by atoms with E-state index in [0.717, 1.165) is 11.1 Å². The molecule has 6 nitrogen and oxygen atoms in total. The molecule has 0 spiro atoms. The number of nitrogens with zero attached hydrogens (tertiary/aromatic N) is 2. The van der Waals surface area contributed by atoms with E-state index >= 15 is 0 Å². The number of benzene rings is 3. The van der Waals surface area contributed by atoms with Crippen LogP contribution in [0.15, 0.2) is 66.7 Å². The second-order valence-electron chi connectivity index (χ2n) is 6.66. The molecule has 6 heteroatoms. The number of aryl methyl sites for hydroxylation is 1. The van der Waals surface area contributed by atoms with Gasteiger partial charge >= 0.3 is 0 Å². The summed E-state index contributed by atoms with van der Waals surface area (Å²) < 4.78 is 11.3. The van der Waals surface area contributed by atoms with E-state index < -0.39 is 4.92 Å². The molecule has 0 saturated heterocycles. The fourth-order valence-electron chi connectivity index (χ4n) is 2.85. The van der Waals surface area contributed by atoms with Crippen molar-refractivity contribution in [2.75, 3.05) is 7.11 Å². The fraction of sp³-hybridized carbons (Fsp3) is 0.125. The number of nitro groups is 1. The van der Waals surface area contributed by atoms with E-state index in [9.17, 15) is 15.4 Å². The average molecular weight is 400 g/mol. The molecule has 0 bridgehead atoms. The Morgan fingerprint density at radius 3 is 2.37 bits per heavy atom. The molecule has 0 amide bonds. The van der Waals surface area contributed by atoms with E-state index in [2.05, 4.69) is 6.07 Å². The number of nitro benzene ring substituents is 1. The Hall–Kier alpha value is -4.11. The van der Waals surface area contributed by atoms with Gasteiger partial charge in [-0.3, -0.25) is 10.1 Å². The Balaban J connectivity index is 1.80. The van der Waals surface area contributed by atoms with Gasteiger partial charge in [0.1, 0.15) is 6.61 Å². The zero-order valence-electron chi connectivity index (χ0n) is 16.7. The SMILES string of the molecule is COc1cc(C=C(C#N)c2ccc([N+](=O)[O-])cc2)ccc1OCc1ccc(C)cc1. The van der Waals surface area contributed by atoms with E-state index in [0.29, 0.717) is 29.2 Å². The van der Waals surface area contributed by atoms with Gasteiger partial charge in [-0.2, -0.15) is 5.26 Å². The van der Waals surface area contributed by atoms with Crippen LogP contribution < -0.4 is 9.47 Å². The molecule has 0 aromatic heterocycles. The van der Waals surface area contributed by atoms with Crippen molar-refractivity contribution in [2.24, 2.45) is 0 Å². The lowest BCUT2D eigenvalue weighted by Crippen LogP contribution is -1.98. The van der Waals surface area contributed by atoms with Gasteiger partial charge < -0.3 is 9.47 Å². The van der Waals surface area contributed by atoms with Crippen molar-refractivity contribution < 1.29 is 14.4 Å². The summed E-state index contributed by atoms with van der Waals surface area (Å²) in [5.41, 5.74) is 3.96. The number of allylic oxidation sites excluding steroid dienone is 1. The quantitative estimate of drug-likeness (QED) is 0.224. The van der Waals surface area contributed by atoms with Crippen molar-refractivity contribution in [1.29, 1.82) is 5.26 Å². The molecular formula is C24H20N2O4. The molecule has 0 aliphatic heterocycles. The number of hydrogen-bond acceptors (Lipinski definition) is 5. The number of hydrogen-bond donors (Lipinski definition) is 0. The van der Waals surface area contributed by atoms with Crippen LogP contribution in [0.3, 0.4) is 0 Å².